The van der Waals surface area contributed by atoms with Crippen LogP contribution in [0, 0.1) is 11.7 Å². The van der Waals surface area contributed by atoms with Crippen LogP contribution >= 0.6 is 15.9 Å². The summed E-state index contributed by atoms with van der Waals surface area (Å²) in [5.41, 5.74) is 1.01. The van der Waals surface area contributed by atoms with E-state index in [2.05, 4.69) is 42.0 Å². The first-order valence-corrected chi connectivity index (χ1v) is 6.53. The molecule has 0 aliphatic carbocycles. The largest absolute Gasteiger partial charge is 0.310 e. The molecule has 1 nitrogen and oxygen atoms in total. The normalized spacial score (nSPS) is 13.1. The smallest absolute Gasteiger partial charge is 0.124 e. The van der Waals surface area contributed by atoms with Gasteiger partial charge in [0.2, 0.25) is 0 Å². The van der Waals surface area contributed by atoms with Crippen molar-refractivity contribution >= 4 is 15.9 Å². The molecule has 1 rings (SSSR count). The van der Waals surface area contributed by atoms with Crippen molar-refractivity contribution in [3.63, 3.8) is 0 Å². The summed E-state index contributed by atoms with van der Waals surface area (Å²) in [6.45, 7) is 7.38. The molecule has 0 saturated carbocycles. The Balaban J connectivity index is 2.91. The second-order valence-electron chi connectivity index (χ2n) is 4.38. The number of rotatable bonds is 5. The van der Waals surface area contributed by atoms with Gasteiger partial charge < -0.3 is 5.32 Å². The Bertz CT molecular complexity index is 318. The average Bonchev–Trinajstić information content (AvgIpc) is 2.16. The van der Waals surface area contributed by atoms with Gasteiger partial charge >= 0.3 is 0 Å². The van der Waals surface area contributed by atoms with Gasteiger partial charge in [-0.3, -0.25) is 0 Å². The molecule has 0 bridgehead atoms. The quantitative estimate of drug-likeness (QED) is 0.852. The molecule has 0 fully saturated rings. The van der Waals surface area contributed by atoms with E-state index in [4.69, 9.17) is 0 Å². The minimum Gasteiger partial charge on any atom is -0.310 e. The van der Waals surface area contributed by atoms with E-state index < -0.39 is 0 Å². The second-order valence-corrected chi connectivity index (χ2v) is 5.29. The van der Waals surface area contributed by atoms with Gasteiger partial charge in [-0.05, 0) is 42.6 Å². The van der Waals surface area contributed by atoms with E-state index in [0.29, 0.717) is 5.92 Å². The van der Waals surface area contributed by atoms with Crippen molar-refractivity contribution in [3.05, 3.63) is 34.1 Å². The van der Waals surface area contributed by atoms with Crippen LogP contribution in [-0.4, -0.2) is 6.54 Å². The zero-order valence-corrected chi connectivity index (χ0v) is 11.6. The molecular weight excluding hydrogens is 269 g/mol. The molecule has 1 atom stereocenters. The average molecular weight is 288 g/mol. The Kier molecular flexibility index (Phi) is 5.42. The zero-order valence-electron chi connectivity index (χ0n) is 10.1. The molecular formula is C13H19BrFN. The highest BCUT2D eigenvalue weighted by Gasteiger charge is 2.15. The van der Waals surface area contributed by atoms with Crippen LogP contribution in [0.2, 0.25) is 0 Å². The first-order chi connectivity index (χ1) is 7.54. The lowest BCUT2D eigenvalue weighted by molar-refractivity contribution is 0.411. The number of halogens is 2. The lowest BCUT2D eigenvalue weighted by Gasteiger charge is -2.23. The molecule has 1 aromatic rings. The second kappa shape index (κ2) is 6.36. The molecule has 0 spiro atoms. The molecule has 0 saturated heterocycles. The van der Waals surface area contributed by atoms with E-state index in [9.17, 15) is 4.39 Å². The summed E-state index contributed by atoms with van der Waals surface area (Å²) in [6.07, 6.45) is 1.08. The number of hydrogen-bond donors (Lipinski definition) is 1. The van der Waals surface area contributed by atoms with Crippen LogP contribution in [0.25, 0.3) is 0 Å². The molecule has 1 N–H and O–H groups in total. The molecule has 1 unspecified atom stereocenters. The predicted octanol–water partition coefficient (Wildman–Crippen LogP) is 4.28. The van der Waals surface area contributed by atoms with Crippen molar-refractivity contribution in [2.75, 3.05) is 6.54 Å². The van der Waals surface area contributed by atoms with Crippen LogP contribution in [0.3, 0.4) is 0 Å². The molecule has 16 heavy (non-hydrogen) atoms. The maximum Gasteiger partial charge on any atom is 0.124 e. The number of benzene rings is 1. The third-order valence-corrected chi connectivity index (χ3v) is 2.98. The summed E-state index contributed by atoms with van der Waals surface area (Å²) < 4.78 is 14.1. The van der Waals surface area contributed by atoms with Crippen LogP contribution in [0.5, 0.6) is 0 Å². The highest BCUT2D eigenvalue weighted by molar-refractivity contribution is 9.10. The third kappa shape index (κ3) is 3.87. The molecule has 0 amide bonds. The fraction of sp³-hybridized carbons (Fsp3) is 0.538. The third-order valence-electron chi connectivity index (χ3n) is 2.52. The summed E-state index contributed by atoms with van der Waals surface area (Å²) in [5.74, 6) is 0.258. The monoisotopic (exact) mass is 287 g/mol. The first kappa shape index (κ1) is 13.7. The zero-order chi connectivity index (χ0) is 12.1. The van der Waals surface area contributed by atoms with Crippen LogP contribution < -0.4 is 5.32 Å². The van der Waals surface area contributed by atoms with Crippen molar-refractivity contribution in [2.24, 2.45) is 5.92 Å². The molecule has 0 radical (unpaired) electrons. The van der Waals surface area contributed by atoms with Crippen LogP contribution in [0.15, 0.2) is 22.7 Å². The van der Waals surface area contributed by atoms with Crippen molar-refractivity contribution < 1.29 is 4.39 Å². The highest BCUT2D eigenvalue weighted by atomic mass is 79.9. The Morgan fingerprint density at radius 2 is 2.00 bits per heavy atom. The number of nitrogens with one attached hydrogen (secondary N) is 1. The maximum atomic E-state index is 13.3. The highest BCUT2D eigenvalue weighted by Crippen LogP contribution is 2.25. The van der Waals surface area contributed by atoms with E-state index in [1.807, 2.05) is 6.07 Å². The van der Waals surface area contributed by atoms with E-state index in [1.165, 1.54) is 6.07 Å². The van der Waals surface area contributed by atoms with Crippen molar-refractivity contribution in [1.29, 1.82) is 0 Å². The van der Waals surface area contributed by atoms with Crippen LogP contribution in [-0.2, 0) is 0 Å². The summed E-state index contributed by atoms with van der Waals surface area (Å²) >= 11 is 3.33. The van der Waals surface area contributed by atoms with Gasteiger partial charge in [0.1, 0.15) is 5.82 Å². The molecule has 90 valence electrons. The van der Waals surface area contributed by atoms with Gasteiger partial charge in [0.15, 0.2) is 0 Å². The fourth-order valence-electron chi connectivity index (χ4n) is 1.79. The lowest BCUT2D eigenvalue weighted by atomic mass is 9.96. The van der Waals surface area contributed by atoms with Crippen molar-refractivity contribution in [1.82, 2.24) is 5.32 Å². The van der Waals surface area contributed by atoms with Crippen LogP contribution in [0.1, 0.15) is 38.8 Å². The van der Waals surface area contributed by atoms with Gasteiger partial charge in [-0.25, -0.2) is 4.39 Å². The predicted molar refractivity (Wildman–Crippen MR) is 70.0 cm³/mol. The van der Waals surface area contributed by atoms with E-state index >= 15 is 0 Å². The Morgan fingerprint density at radius 1 is 1.31 bits per heavy atom. The molecule has 0 aromatic heterocycles. The van der Waals surface area contributed by atoms with Gasteiger partial charge in [-0.1, -0.05) is 36.7 Å². The molecule has 3 heteroatoms. The standard InChI is InChI=1S/C13H19BrFN/c1-4-5-16-13(9(2)3)10-6-11(14)8-12(15)7-10/h6-9,13,16H,4-5H2,1-3H3. The van der Waals surface area contributed by atoms with Gasteiger partial charge in [-0.2, -0.15) is 0 Å². The Labute approximate surface area is 106 Å². The molecule has 0 aliphatic heterocycles. The van der Waals surface area contributed by atoms with E-state index in [-0.39, 0.29) is 11.9 Å². The SMILES string of the molecule is CCCNC(c1cc(F)cc(Br)c1)C(C)C. The summed E-state index contributed by atoms with van der Waals surface area (Å²) in [4.78, 5) is 0. The topological polar surface area (TPSA) is 12.0 Å². The Morgan fingerprint density at radius 3 is 2.50 bits per heavy atom. The number of hydrogen-bond acceptors (Lipinski definition) is 1. The molecule has 1 aromatic carbocycles. The summed E-state index contributed by atoms with van der Waals surface area (Å²) in [7, 11) is 0. The van der Waals surface area contributed by atoms with Gasteiger partial charge in [0.05, 0.1) is 0 Å². The van der Waals surface area contributed by atoms with Crippen molar-refractivity contribution in [2.45, 2.75) is 33.2 Å². The maximum absolute atomic E-state index is 13.3. The van der Waals surface area contributed by atoms with E-state index in [1.54, 1.807) is 6.07 Å². The summed E-state index contributed by atoms with van der Waals surface area (Å²) in [5, 5.41) is 3.45. The first-order valence-electron chi connectivity index (χ1n) is 5.74. The minimum atomic E-state index is -0.187. The lowest BCUT2D eigenvalue weighted by Crippen LogP contribution is -2.26. The minimum absolute atomic E-state index is 0.187. The molecule has 0 aliphatic rings. The van der Waals surface area contributed by atoms with E-state index in [0.717, 1.165) is 23.0 Å². The van der Waals surface area contributed by atoms with Gasteiger partial charge in [-0.15, -0.1) is 0 Å². The summed E-state index contributed by atoms with van der Waals surface area (Å²) in [6, 6.07) is 5.29. The van der Waals surface area contributed by atoms with Gasteiger partial charge in [0.25, 0.3) is 0 Å². The van der Waals surface area contributed by atoms with Crippen molar-refractivity contribution in [3.8, 4) is 0 Å². The molecule has 0 heterocycles. The fourth-order valence-corrected chi connectivity index (χ4v) is 2.28. The van der Waals surface area contributed by atoms with Gasteiger partial charge in [0, 0.05) is 10.5 Å². The Hall–Kier alpha value is -0.410. The van der Waals surface area contributed by atoms with Crippen LogP contribution in [0.4, 0.5) is 4.39 Å².